The van der Waals surface area contributed by atoms with Crippen molar-refractivity contribution in [1.29, 1.82) is 0 Å². The van der Waals surface area contributed by atoms with Crippen molar-refractivity contribution in [1.82, 2.24) is 20.5 Å². The van der Waals surface area contributed by atoms with E-state index in [2.05, 4.69) is 87.2 Å². The van der Waals surface area contributed by atoms with Crippen LogP contribution < -0.4 is 10.6 Å². The zero-order chi connectivity index (χ0) is 27.4. The Morgan fingerprint density at radius 1 is 0.875 bits per heavy atom. The van der Waals surface area contributed by atoms with E-state index in [1.807, 2.05) is 12.3 Å². The normalized spacial score (nSPS) is 19.4. The molecule has 3 heterocycles. The van der Waals surface area contributed by atoms with Crippen LogP contribution in [0.4, 0.5) is 0 Å². The van der Waals surface area contributed by atoms with E-state index in [-0.39, 0.29) is 17.3 Å². The zero-order valence-electron chi connectivity index (χ0n) is 23.4. The number of thioether (sulfide) groups is 1. The highest BCUT2D eigenvalue weighted by Gasteiger charge is 2.30. The van der Waals surface area contributed by atoms with Crippen LogP contribution in [-0.4, -0.2) is 53.8 Å². The number of benzene rings is 2. The van der Waals surface area contributed by atoms with Gasteiger partial charge in [0.15, 0.2) is 0 Å². The topological polar surface area (TPSA) is 57.3 Å². The van der Waals surface area contributed by atoms with Gasteiger partial charge in [0, 0.05) is 37.8 Å². The van der Waals surface area contributed by atoms with Crippen molar-refractivity contribution in [2.24, 2.45) is 0 Å². The number of nitrogens with one attached hydrogen (secondary N) is 2. The van der Waals surface area contributed by atoms with E-state index in [1.54, 1.807) is 23.5 Å². The van der Waals surface area contributed by atoms with Crippen LogP contribution in [-0.2, 0) is 4.79 Å². The second kappa shape index (κ2) is 15.2. The molecule has 2 aromatic carbocycles. The van der Waals surface area contributed by atoms with Crippen molar-refractivity contribution < 1.29 is 4.79 Å². The summed E-state index contributed by atoms with van der Waals surface area (Å²) in [6.45, 7) is 4.27. The average molecular weight is 555 g/mol. The van der Waals surface area contributed by atoms with Crippen LogP contribution in [0.15, 0.2) is 90.8 Å². The lowest BCUT2D eigenvalue weighted by Gasteiger charge is -2.30. The van der Waals surface area contributed by atoms with E-state index in [0.29, 0.717) is 0 Å². The van der Waals surface area contributed by atoms with E-state index in [9.17, 15) is 4.79 Å². The molecule has 2 aliphatic rings. The van der Waals surface area contributed by atoms with Crippen LogP contribution in [0, 0.1) is 0 Å². The van der Waals surface area contributed by atoms with Gasteiger partial charge in [-0.25, -0.2) is 0 Å². The number of carbonyl (C=O) groups is 1. The maximum Gasteiger partial charge on any atom is 0.238 e. The molecule has 2 fully saturated rings. The predicted octanol–water partition coefficient (Wildman–Crippen LogP) is 6.45. The number of carbonyl (C=O) groups excluding carboxylic acids is 1. The third kappa shape index (κ3) is 8.06. The predicted molar refractivity (Wildman–Crippen MR) is 167 cm³/mol. The molecule has 0 radical (unpaired) electrons. The van der Waals surface area contributed by atoms with Crippen LogP contribution >= 0.6 is 11.8 Å². The second-order valence-electron chi connectivity index (χ2n) is 10.8. The summed E-state index contributed by atoms with van der Waals surface area (Å²) in [7, 11) is 0. The number of pyridine rings is 1. The van der Waals surface area contributed by atoms with Gasteiger partial charge in [-0.05, 0) is 60.6 Å². The van der Waals surface area contributed by atoms with Gasteiger partial charge in [0.05, 0.1) is 11.4 Å². The van der Waals surface area contributed by atoms with Crippen LogP contribution in [0.1, 0.15) is 67.0 Å². The first kappa shape index (κ1) is 28.6. The Balaban J connectivity index is 0.954. The summed E-state index contributed by atoms with van der Waals surface area (Å²) in [5, 5.41) is 6.72. The molecule has 2 aliphatic heterocycles. The number of likely N-dealkylation sites (tertiary alicyclic amines) is 1. The lowest BCUT2D eigenvalue weighted by molar-refractivity contribution is -0.122. The number of rotatable bonds is 12. The minimum atomic E-state index is -0.119. The maximum atomic E-state index is 12.5. The Labute approximate surface area is 243 Å². The first-order chi connectivity index (χ1) is 19.8. The molecule has 6 heteroatoms. The molecule has 1 amide bonds. The zero-order valence-corrected chi connectivity index (χ0v) is 24.3. The van der Waals surface area contributed by atoms with Crippen molar-refractivity contribution in [3.8, 4) is 0 Å². The molecular formula is C34H42N4OS. The number of unbranched alkanes of at least 4 members (excludes halogenated alkanes) is 4. The van der Waals surface area contributed by atoms with Crippen molar-refractivity contribution in [2.45, 2.75) is 56.4 Å². The smallest absolute Gasteiger partial charge is 0.238 e. The average Bonchev–Trinajstić information content (AvgIpc) is 3.52. The molecule has 0 spiro atoms. The fraction of sp³-hybridized carbons (Fsp3) is 0.412. The number of amides is 1. The monoisotopic (exact) mass is 554 g/mol. The molecule has 0 bridgehead atoms. The Kier molecular flexibility index (Phi) is 10.8. The molecule has 5 nitrogen and oxygen atoms in total. The van der Waals surface area contributed by atoms with E-state index in [1.165, 1.54) is 48.9 Å². The molecule has 1 aromatic heterocycles. The lowest BCUT2D eigenvalue weighted by atomic mass is 9.88. The van der Waals surface area contributed by atoms with Gasteiger partial charge in [-0.2, -0.15) is 0 Å². The molecule has 2 saturated heterocycles. The van der Waals surface area contributed by atoms with E-state index in [4.69, 9.17) is 0 Å². The second-order valence-corrected chi connectivity index (χ2v) is 12.0. The van der Waals surface area contributed by atoms with Crippen molar-refractivity contribution in [2.75, 3.05) is 31.9 Å². The van der Waals surface area contributed by atoms with Crippen molar-refractivity contribution in [3.63, 3.8) is 0 Å². The number of hydrogen-bond acceptors (Lipinski definition) is 5. The number of nitrogens with zero attached hydrogens (tertiary/aromatic N) is 2. The lowest BCUT2D eigenvalue weighted by Crippen LogP contribution is -2.42. The minimum Gasteiger partial charge on any atom is -0.355 e. The minimum absolute atomic E-state index is 0.119. The Hall–Kier alpha value is -2.93. The summed E-state index contributed by atoms with van der Waals surface area (Å²) in [5.74, 6) is 0.930. The third-order valence-corrected chi connectivity index (χ3v) is 9.24. The van der Waals surface area contributed by atoms with Gasteiger partial charge in [-0.3, -0.25) is 15.1 Å². The molecule has 0 saturated carbocycles. The highest BCUT2D eigenvalue weighted by Crippen LogP contribution is 2.33. The number of hydrogen-bond donors (Lipinski definition) is 2. The van der Waals surface area contributed by atoms with Gasteiger partial charge in [-0.15, -0.1) is 11.8 Å². The van der Waals surface area contributed by atoms with Crippen LogP contribution in [0.2, 0.25) is 0 Å². The SMILES string of the molecule is O=C(NCCCCCCCN1CCC(=C(c2ccccc2)c2ccccc2)CC1)[C@@H]1CSC(c2cccnc2)N1. The molecule has 2 atom stereocenters. The molecule has 210 valence electrons. The van der Waals surface area contributed by atoms with E-state index >= 15 is 0 Å². The molecular weight excluding hydrogens is 512 g/mol. The summed E-state index contributed by atoms with van der Waals surface area (Å²) >= 11 is 1.78. The van der Waals surface area contributed by atoms with Gasteiger partial charge in [0.25, 0.3) is 0 Å². The van der Waals surface area contributed by atoms with Crippen LogP contribution in [0.25, 0.3) is 5.57 Å². The van der Waals surface area contributed by atoms with Gasteiger partial charge < -0.3 is 10.2 Å². The maximum absolute atomic E-state index is 12.5. The molecule has 0 aliphatic carbocycles. The van der Waals surface area contributed by atoms with Gasteiger partial charge >= 0.3 is 0 Å². The first-order valence-electron chi connectivity index (χ1n) is 14.9. The highest BCUT2D eigenvalue weighted by molar-refractivity contribution is 7.99. The summed E-state index contributed by atoms with van der Waals surface area (Å²) in [4.78, 5) is 19.4. The number of piperidine rings is 1. The largest absolute Gasteiger partial charge is 0.355 e. The van der Waals surface area contributed by atoms with Crippen molar-refractivity contribution in [3.05, 3.63) is 107 Å². The molecule has 5 rings (SSSR count). The molecule has 40 heavy (non-hydrogen) atoms. The Bertz CT molecular complexity index is 1170. The first-order valence-corrected chi connectivity index (χ1v) is 15.9. The van der Waals surface area contributed by atoms with Crippen LogP contribution in [0.5, 0.6) is 0 Å². The van der Waals surface area contributed by atoms with Crippen molar-refractivity contribution >= 4 is 23.2 Å². The summed E-state index contributed by atoms with van der Waals surface area (Å²) in [6.07, 6.45) is 11.9. The summed E-state index contributed by atoms with van der Waals surface area (Å²) < 4.78 is 0. The quantitative estimate of drug-likeness (QED) is 0.252. The Morgan fingerprint density at radius 2 is 1.55 bits per heavy atom. The summed E-state index contributed by atoms with van der Waals surface area (Å²) in [5.41, 5.74) is 6.83. The number of aromatic nitrogens is 1. The van der Waals surface area contributed by atoms with Gasteiger partial charge in [0.2, 0.25) is 5.91 Å². The third-order valence-electron chi connectivity index (χ3n) is 7.97. The molecule has 2 N–H and O–H groups in total. The molecule has 3 aromatic rings. The molecule has 1 unspecified atom stereocenters. The van der Waals surface area contributed by atoms with Gasteiger partial charge in [0.1, 0.15) is 0 Å². The van der Waals surface area contributed by atoms with E-state index < -0.39 is 0 Å². The van der Waals surface area contributed by atoms with E-state index in [0.717, 1.165) is 50.2 Å². The summed E-state index contributed by atoms with van der Waals surface area (Å²) in [6, 6.07) is 25.7. The highest BCUT2D eigenvalue weighted by atomic mass is 32.2. The Morgan fingerprint density at radius 3 is 2.23 bits per heavy atom. The van der Waals surface area contributed by atoms with Crippen LogP contribution in [0.3, 0.4) is 0 Å². The fourth-order valence-electron chi connectivity index (χ4n) is 5.75. The standard InChI is InChI=1S/C34H42N4OS/c39-33(31-26-40-34(37-31)30-17-12-20-35-25-30)36-21-10-2-1-3-11-22-38-23-18-29(19-24-38)32(27-13-6-4-7-14-27)28-15-8-5-9-16-28/h4-9,12-17,20,25,31,34,37H,1-3,10-11,18-19,21-24,26H2,(H,36,39)/t31-,34?/m0/s1. The fourth-order valence-corrected chi connectivity index (χ4v) is 6.98. The van der Waals surface area contributed by atoms with Gasteiger partial charge in [-0.1, -0.05) is 91.6 Å².